The van der Waals surface area contributed by atoms with Crippen LogP contribution in [0.15, 0.2) is 67.0 Å². The van der Waals surface area contributed by atoms with Crippen molar-refractivity contribution in [3.05, 3.63) is 78.2 Å². The number of likely N-dealkylation sites (tertiary alicyclic amines) is 1. The Labute approximate surface area is 205 Å². The molecule has 1 saturated heterocycles. The summed E-state index contributed by atoms with van der Waals surface area (Å²) in [4.78, 5) is 36.9. The zero-order valence-corrected chi connectivity index (χ0v) is 20.2. The molecule has 1 atom stereocenters. The van der Waals surface area contributed by atoms with Gasteiger partial charge in [0, 0.05) is 37.0 Å². The van der Waals surface area contributed by atoms with Gasteiger partial charge in [-0.05, 0) is 63.1 Å². The molecule has 1 aliphatic rings. The molecule has 0 unspecified atom stereocenters. The summed E-state index contributed by atoms with van der Waals surface area (Å²) in [6, 6.07) is 16.2. The second-order valence-electron chi connectivity index (χ2n) is 9.06. The Morgan fingerprint density at radius 3 is 2.40 bits per heavy atom. The molecule has 4 rings (SSSR count). The van der Waals surface area contributed by atoms with Crippen molar-refractivity contribution in [1.29, 1.82) is 0 Å². The maximum absolute atomic E-state index is 13.4. The summed E-state index contributed by atoms with van der Waals surface area (Å²) in [7, 11) is 1.61. The van der Waals surface area contributed by atoms with Crippen LogP contribution < -0.4 is 14.8 Å². The SMILES string of the molecule is COc1ccc(Oc2nccnc2[C@H]2CCCN(C(=O)C(C)(C)NC(=O)c3ccccc3)C2)cc1. The van der Waals surface area contributed by atoms with Gasteiger partial charge in [-0.15, -0.1) is 0 Å². The monoisotopic (exact) mass is 474 g/mol. The molecule has 2 heterocycles. The number of rotatable bonds is 7. The lowest BCUT2D eigenvalue weighted by atomic mass is 9.92. The molecule has 0 bridgehead atoms. The standard InChI is InChI=1S/C27H30N4O4/c1-27(2,30-24(32)19-8-5-4-6-9-19)26(33)31-17-7-10-20(18-31)23-25(29-16-15-28-23)35-22-13-11-21(34-3)12-14-22/h4-6,8-9,11-16,20H,7,10,17-18H2,1-3H3,(H,30,32)/t20-/m0/s1. The summed E-state index contributed by atoms with van der Waals surface area (Å²) in [5.41, 5.74) is 0.177. The highest BCUT2D eigenvalue weighted by atomic mass is 16.5. The third-order valence-corrected chi connectivity index (χ3v) is 6.06. The van der Waals surface area contributed by atoms with E-state index >= 15 is 0 Å². The summed E-state index contributed by atoms with van der Waals surface area (Å²) in [5, 5.41) is 2.88. The van der Waals surface area contributed by atoms with Gasteiger partial charge in [-0.3, -0.25) is 14.6 Å². The van der Waals surface area contributed by atoms with Crippen LogP contribution in [0.5, 0.6) is 17.4 Å². The highest BCUT2D eigenvalue weighted by molar-refractivity contribution is 5.98. The predicted octanol–water partition coefficient (Wildman–Crippen LogP) is 4.19. The molecule has 182 valence electrons. The van der Waals surface area contributed by atoms with Crippen molar-refractivity contribution in [3.8, 4) is 17.4 Å². The fourth-order valence-electron chi connectivity index (χ4n) is 4.23. The molecule has 35 heavy (non-hydrogen) atoms. The van der Waals surface area contributed by atoms with Crippen LogP contribution in [0.25, 0.3) is 0 Å². The maximum atomic E-state index is 13.4. The molecule has 0 saturated carbocycles. The van der Waals surface area contributed by atoms with Gasteiger partial charge in [0.2, 0.25) is 11.8 Å². The number of hydrogen-bond donors (Lipinski definition) is 1. The van der Waals surface area contributed by atoms with Crippen LogP contribution in [0.2, 0.25) is 0 Å². The van der Waals surface area contributed by atoms with Gasteiger partial charge in [0.05, 0.1) is 7.11 Å². The number of hydrogen-bond acceptors (Lipinski definition) is 6. The van der Waals surface area contributed by atoms with Crippen molar-refractivity contribution >= 4 is 11.8 Å². The van der Waals surface area contributed by atoms with Crippen LogP contribution in [-0.4, -0.2) is 52.4 Å². The van der Waals surface area contributed by atoms with Gasteiger partial charge in [0.1, 0.15) is 22.7 Å². The smallest absolute Gasteiger partial charge is 0.252 e. The lowest BCUT2D eigenvalue weighted by Crippen LogP contribution is -2.57. The van der Waals surface area contributed by atoms with E-state index < -0.39 is 5.54 Å². The molecule has 2 aromatic carbocycles. The quantitative estimate of drug-likeness (QED) is 0.552. The highest BCUT2D eigenvalue weighted by Gasteiger charge is 2.37. The fourth-order valence-corrected chi connectivity index (χ4v) is 4.23. The largest absolute Gasteiger partial charge is 0.497 e. The minimum atomic E-state index is -1.06. The number of amides is 2. The summed E-state index contributed by atoms with van der Waals surface area (Å²) >= 11 is 0. The zero-order chi connectivity index (χ0) is 24.8. The lowest BCUT2D eigenvalue weighted by Gasteiger charge is -2.37. The van der Waals surface area contributed by atoms with Crippen molar-refractivity contribution < 1.29 is 19.1 Å². The molecule has 1 aromatic heterocycles. The summed E-state index contributed by atoms with van der Waals surface area (Å²) in [6.45, 7) is 4.57. The van der Waals surface area contributed by atoms with Crippen LogP contribution in [-0.2, 0) is 4.79 Å². The van der Waals surface area contributed by atoms with Crippen molar-refractivity contribution in [2.75, 3.05) is 20.2 Å². The lowest BCUT2D eigenvalue weighted by molar-refractivity contribution is -0.138. The number of benzene rings is 2. The van der Waals surface area contributed by atoms with Gasteiger partial charge >= 0.3 is 0 Å². The maximum Gasteiger partial charge on any atom is 0.252 e. The zero-order valence-electron chi connectivity index (χ0n) is 20.2. The topological polar surface area (TPSA) is 93.7 Å². The number of piperidine rings is 1. The Hall–Kier alpha value is -3.94. The van der Waals surface area contributed by atoms with Crippen LogP contribution in [0.4, 0.5) is 0 Å². The van der Waals surface area contributed by atoms with Gasteiger partial charge in [-0.1, -0.05) is 18.2 Å². The van der Waals surface area contributed by atoms with Crippen LogP contribution >= 0.6 is 0 Å². The second-order valence-corrected chi connectivity index (χ2v) is 9.06. The van der Waals surface area contributed by atoms with Gasteiger partial charge in [-0.25, -0.2) is 4.98 Å². The van der Waals surface area contributed by atoms with Gasteiger partial charge in [-0.2, -0.15) is 0 Å². The molecular weight excluding hydrogens is 444 g/mol. The molecule has 2 amide bonds. The Kier molecular flexibility index (Phi) is 7.29. The van der Waals surface area contributed by atoms with Crippen molar-refractivity contribution in [2.45, 2.75) is 38.1 Å². The Bertz CT molecular complexity index is 1170. The number of nitrogens with zero attached hydrogens (tertiary/aromatic N) is 3. The van der Waals surface area contributed by atoms with E-state index in [1.165, 1.54) is 0 Å². The Morgan fingerprint density at radius 2 is 1.69 bits per heavy atom. The minimum absolute atomic E-state index is 0.0322. The van der Waals surface area contributed by atoms with E-state index in [4.69, 9.17) is 9.47 Å². The van der Waals surface area contributed by atoms with E-state index in [1.54, 1.807) is 62.5 Å². The molecule has 8 nitrogen and oxygen atoms in total. The molecule has 8 heteroatoms. The third-order valence-electron chi connectivity index (χ3n) is 6.06. The average Bonchev–Trinajstić information content (AvgIpc) is 2.89. The van der Waals surface area contributed by atoms with Crippen LogP contribution in [0, 0.1) is 0 Å². The first kappa shape index (κ1) is 24.2. The number of ether oxygens (including phenoxy) is 2. The molecule has 0 spiro atoms. The van der Waals surface area contributed by atoms with E-state index in [9.17, 15) is 9.59 Å². The van der Waals surface area contributed by atoms with Crippen LogP contribution in [0.1, 0.15) is 48.7 Å². The molecule has 0 aliphatic carbocycles. The van der Waals surface area contributed by atoms with Crippen molar-refractivity contribution in [2.24, 2.45) is 0 Å². The molecule has 1 aliphatic heterocycles. The fraction of sp³-hybridized carbons (Fsp3) is 0.333. The molecule has 3 aromatic rings. The summed E-state index contributed by atoms with van der Waals surface area (Å²) in [5.74, 6) is 1.35. The van der Waals surface area contributed by atoms with E-state index in [0.29, 0.717) is 36.0 Å². The predicted molar refractivity (Wildman–Crippen MR) is 132 cm³/mol. The highest BCUT2D eigenvalue weighted by Crippen LogP contribution is 2.33. The van der Waals surface area contributed by atoms with E-state index in [2.05, 4.69) is 15.3 Å². The number of carbonyl (C=O) groups is 2. The number of carbonyl (C=O) groups excluding carboxylic acids is 2. The first-order chi connectivity index (χ1) is 16.9. The normalized spacial score (nSPS) is 15.9. The molecule has 1 N–H and O–H groups in total. The molecule has 1 fully saturated rings. The van der Waals surface area contributed by atoms with E-state index in [1.807, 2.05) is 30.3 Å². The summed E-state index contributed by atoms with van der Waals surface area (Å²) in [6.07, 6.45) is 4.91. The number of methoxy groups -OCH3 is 1. The van der Waals surface area contributed by atoms with Gasteiger partial charge < -0.3 is 19.7 Å². The van der Waals surface area contributed by atoms with Crippen molar-refractivity contribution in [1.82, 2.24) is 20.2 Å². The van der Waals surface area contributed by atoms with Crippen LogP contribution in [0.3, 0.4) is 0 Å². The van der Waals surface area contributed by atoms with Crippen molar-refractivity contribution in [3.63, 3.8) is 0 Å². The van der Waals surface area contributed by atoms with Gasteiger partial charge in [0.15, 0.2) is 0 Å². The van der Waals surface area contributed by atoms with E-state index in [-0.39, 0.29) is 17.7 Å². The average molecular weight is 475 g/mol. The molecular formula is C27H30N4O4. The number of nitrogens with one attached hydrogen (secondary N) is 1. The van der Waals surface area contributed by atoms with E-state index in [0.717, 1.165) is 18.6 Å². The number of aromatic nitrogens is 2. The Morgan fingerprint density at radius 1 is 1.00 bits per heavy atom. The summed E-state index contributed by atoms with van der Waals surface area (Å²) < 4.78 is 11.2. The first-order valence-electron chi connectivity index (χ1n) is 11.7. The first-order valence-corrected chi connectivity index (χ1v) is 11.7. The third kappa shape index (κ3) is 5.77. The second kappa shape index (κ2) is 10.5. The molecule has 0 radical (unpaired) electrons. The van der Waals surface area contributed by atoms with Gasteiger partial charge in [0.25, 0.3) is 5.91 Å². The Balaban J connectivity index is 1.47. The minimum Gasteiger partial charge on any atom is -0.497 e.